The molecule has 0 heterocycles. The second-order valence-electron chi connectivity index (χ2n) is 4.39. The minimum absolute atomic E-state index is 0.0811. The Balaban J connectivity index is 2.81. The average Bonchev–Trinajstić information content (AvgIpc) is 2.23. The van der Waals surface area contributed by atoms with Gasteiger partial charge in [0.05, 0.1) is 0 Å². The van der Waals surface area contributed by atoms with Crippen molar-refractivity contribution in [1.82, 2.24) is 0 Å². The number of carbonyl (C=O) groups is 1. The van der Waals surface area contributed by atoms with Gasteiger partial charge in [0.2, 0.25) is 0 Å². The van der Waals surface area contributed by atoms with Crippen molar-refractivity contribution < 1.29 is 9.53 Å². The molecule has 3 nitrogen and oxygen atoms in total. The van der Waals surface area contributed by atoms with E-state index >= 15 is 0 Å². The molecule has 0 fully saturated rings. The molecular weight excluding hydrogens is 202 g/mol. The van der Waals surface area contributed by atoms with E-state index in [4.69, 9.17) is 10.5 Å². The van der Waals surface area contributed by atoms with Gasteiger partial charge in [-0.2, -0.15) is 0 Å². The van der Waals surface area contributed by atoms with Crippen molar-refractivity contribution in [2.24, 2.45) is 11.7 Å². The number of benzene rings is 1. The molecule has 16 heavy (non-hydrogen) atoms. The van der Waals surface area contributed by atoms with Crippen LogP contribution in [0.3, 0.4) is 0 Å². The van der Waals surface area contributed by atoms with Crippen LogP contribution in [0.5, 0.6) is 5.75 Å². The standard InChI is InChI=1S/C13H19NO2/c1-8(2)12(14)13(15)16-11-7-5-6-9(3)10(11)4/h5-8,12H,14H2,1-4H3. The Morgan fingerprint density at radius 1 is 1.31 bits per heavy atom. The molecule has 88 valence electrons. The molecule has 0 saturated heterocycles. The van der Waals surface area contributed by atoms with Crippen LogP contribution in [-0.4, -0.2) is 12.0 Å². The van der Waals surface area contributed by atoms with Gasteiger partial charge in [-0.25, -0.2) is 4.79 Å². The normalized spacial score (nSPS) is 12.6. The van der Waals surface area contributed by atoms with Crippen LogP contribution in [0.2, 0.25) is 0 Å². The van der Waals surface area contributed by atoms with Crippen LogP contribution in [0.25, 0.3) is 0 Å². The van der Waals surface area contributed by atoms with Gasteiger partial charge >= 0.3 is 5.97 Å². The van der Waals surface area contributed by atoms with E-state index in [2.05, 4.69) is 0 Å². The van der Waals surface area contributed by atoms with E-state index in [0.29, 0.717) is 5.75 Å². The number of rotatable bonds is 3. The molecule has 0 aliphatic rings. The SMILES string of the molecule is Cc1cccc(OC(=O)C(N)C(C)C)c1C. The Hall–Kier alpha value is -1.35. The van der Waals surface area contributed by atoms with Gasteiger partial charge in [0.15, 0.2) is 0 Å². The fourth-order valence-corrected chi connectivity index (χ4v) is 1.28. The zero-order valence-corrected chi connectivity index (χ0v) is 10.3. The van der Waals surface area contributed by atoms with E-state index < -0.39 is 6.04 Å². The number of hydrogen-bond acceptors (Lipinski definition) is 3. The third-order valence-electron chi connectivity index (χ3n) is 2.76. The van der Waals surface area contributed by atoms with Gasteiger partial charge in [-0.15, -0.1) is 0 Å². The summed E-state index contributed by atoms with van der Waals surface area (Å²) in [6.45, 7) is 7.71. The number of ether oxygens (including phenoxy) is 1. The summed E-state index contributed by atoms with van der Waals surface area (Å²) in [5.41, 5.74) is 7.80. The number of hydrogen-bond donors (Lipinski definition) is 1. The highest BCUT2D eigenvalue weighted by molar-refractivity contribution is 5.78. The van der Waals surface area contributed by atoms with E-state index in [1.165, 1.54) is 0 Å². The van der Waals surface area contributed by atoms with E-state index in [9.17, 15) is 4.79 Å². The van der Waals surface area contributed by atoms with Crippen molar-refractivity contribution in [3.8, 4) is 5.75 Å². The molecule has 3 heteroatoms. The van der Waals surface area contributed by atoms with Crippen molar-refractivity contribution in [2.45, 2.75) is 33.7 Å². The van der Waals surface area contributed by atoms with Crippen LogP contribution in [-0.2, 0) is 4.79 Å². The van der Waals surface area contributed by atoms with E-state index in [1.54, 1.807) is 6.07 Å². The highest BCUT2D eigenvalue weighted by Gasteiger charge is 2.20. The largest absolute Gasteiger partial charge is 0.425 e. The van der Waals surface area contributed by atoms with Crippen molar-refractivity contribution in [3.05, 3.63) is 29.3 Å². The Kier molecular flexibility index (Phi) is 4.07. The van der Waals surface area contributed by atoms with Gasteiger partial charge < -0.3 is 10.5 Å². The summed E-state index contributed by atoms with van der Waals surface area (Å²) >= 11 is 0. The molecule has 0 aliphatic heterocycles. The first-order chi connectivity index (χ1) is 7.43. The highest BCUT2D eigenvalue weighted by Crippen LogP contribution is 2.21. The predicted octanol–water partition coefficient (Wildman–Crippen LogP) is 2.19. The van der Waals surface area contributed by atoms with Crippen LogP contribution in [0, 0.1) is 19.8 Å². The lowest BCUT2D eigenvalue weighted by Gasteiger charge is -2.15. The second-order valence-corrected chi connectivity index (χ2v) is 4.39. The molecule has 0 aromatic heterocycles. The van der Waals surface area contributed by atoms with Crippen LogP contribution < -0.4 is 10.5 Å². The van der Waals surface area contributed by atoms with Crippen LogP contribution in [0.15, 0.2) is 18.2 Å². The number of aryl methyl sites for hydroxylation is 1. The van der Waals surface area contributed by atoms with Gasteiger partial charge in [-0.05, 0) is 37.0 Å². The highest BCUT2D eigenvalue weighted by atomic mass is 16.5. The van der Waals surface area contributed by atoms with Gasteiger partial charge in [0.1, 0.15) is 11.8 Å². The molecule has 0 amide bonds. The zero-order valence-electron chi connectivity index (χ0n) is 10.3. The lowest BCUT2D eigenvalue weighted by Crippen LogP contribution is -2.38. The van der Waals surface area contributed by atoms with Crippen molar-refractivity contribution in [2.75, 3.05) is 0 Å². The van der Waals surface area contributed by atoms with Crippen LogP contribution in [0.1, 0.15) is 25.0 Å². The monoisotopic (exact) mass is 221 g/mol. The molecule has 0 spiro atoms. The summed E-state index contributed by atoms with van der Waals surface area (Å²) in [5.74, 6) is 0.308. The van der Waals surface area contributed by atoms with Gasteiger partial charge in [-0.1, -0.05) is 26.0 Å². The Bertz CT molecular complexity index is 386. The lowest BCUT2D eigenvalue weighted by molar-refractivity contribution is -0.136. The first-order valence-corrected chi connectivity index (χ1v) is 5.47. The Morgan fingerprint density at radius 2 is 1.94 bits per heavy atom. The summed E-state index contributed by atoms with van der Waals surface area (Å²) in [6.07, 6.45) is 0. The van der Waals surface area contributed by atoms with Crippen molar-refractivity contribution in [1.29, 1.82) is 0 Å². The smallest absolute Gasteiger partial charge is 0.328 e. The van der Waals surface area contributed by atoms with E-state index in [-0.39, 0.29) is 11.9 Å². The summed E-state index contributed by atoms with van der Waals surface area (Å²) in [4.78, 5) is 11.7. The number of nitrogens with two attached hydrogens (primary N) is 1. The maximum absolute atomic E-state index is 11.7. The van der Waals surface area contributed by atoms with Crippen molar-refractivity contribution in [3.63, 3.8) is 0 Å². The van der Waals surface area contributed by atoms with Gasteiger partial charge in [0, 0.05) is 0 Å². The first-order valence-electron chi connectivity index (χ1n) is 5.47. The predicted molar refractivity (Wildman–Crippen MR) is 64.4 cm³/mol. The summed E-state index contributed by atoms with van der Waals surface area (Å²) in [6, 6.07) is 5.06. The molecule has 0 aliphatic carbocycles. The molecule has 1 aromatic carbocycles. The zero-order chi connectivity index (χ0) is 12.3. The molecule has 1 atom stereocenters. The minimum Gasteiger partial charge on any atom is -0.425 e. The summed E-state index contributed by atoms with van der Waals surface area (Å²) < 4.78 is 5.29. The average molecular weight is 221 g/mol. The third kappa shape index (κ3) is 2.83. The fourth-order valence-electron chi connectivity index (χ4n) is 1.28. The van der Waals surface area contributed by atoms with Gasteiger partial charge in [-0.3, -0.25) is 0 Å². The molecule has 0 saturated carbocycles. The van der Waals surface area contributed by atoms with Crippen LogP contribution in [0.4, 0.5) is 0 Å². The molecular formula is C13H19NO2. The molecule has 0 radical (unpaired) electrons. The van der Waals surface area contributed by atoms with Crippen molar-refractivity contribution >= 4 is 5.97 Å². The van der Waals surface area contributed by atoms with E-state index in [1.807, 2.05) is 39.8 Å². The summed E-state index contributed by atoms with van der Waals surface area (Å²) in [7, 11) is 0. The third-order valence-corrected chi connectivity index (χ3v) is 2.76. The van der Waals surface area contributed by atoms with Gasteiger partial charge in [0.25, 0.3) is 0 Å². The molecule has 1 rings (SSSR count). The maximum Gasteiger partial charge on any atom is 0.328 e. The number of esters is 1. The second kappa shape index (κ2) is 5.12. The van der Waals surface area contributed by atoms with Crippen LogP contribution >= 0.6 is 0 Å². The molecule has 1 unspecified atom stereocenters. The fraction of sp³-hybridized carbons (Fsp3) is 0.462. The summed E-state index contributed by atoms with van der Waals surface area (Å²) in [5, 5.41) is 0. The number of carbonyl (C=O) groups excluding carboxylic acids is 1. The maximum atomic E-state index is 11.7. The minimum atomic E-state index is -0.570. The Labute approximate surface area is 96.6 Å². The molecule has 2 N–H and O–H groups in total. The Morgan fingerprint density at radius 3 is 2.50 bits per heavy atom. The first kappa shape index (κ1) is 12.7. The van der Waals surface area contributed by atoms with E-state index in [0.717, 1.165) is 11.1 Å². The molecule has 1 aromatic rings. The topological polar surface area (TPSA) is 52.3 Å². The molecule has 0 bridgehead atoms. The lowest BCUT2D eigenvalue weighted by atomic mass is 10.1. The quantitative estimate of drug-likeness (QED) is 0.628.